The van der Waals surface area contributed by atoms with Crippen LogP contribution < -0.4 is 5.73 Å². The second-order valence-corrected chi connectivity index (χ2v) is 2.99. The molecule has 12 heavy (non-hydrogen) atoms. The molecule has 3 nitrogen and oxygen atoms in total. The molecule has 0 aliphatic carbocycles. The highest BCUT2D eigenvalue weighted by Crippen LogP contribution is 2.09. The fourth-order valence-corrected chi connectivity index (χ4v) is 0.962. The molecule has 0 aliphatic heterocycles. The number of nitrogens with zero attached hydrogens (tertiary/aromatic N) is 1. The van der Waals surface area contributed by atoms with Gasteiger partial charge in [0, 0.05) is 7.05 Å². The van der Waals surface area contributed by atoms with E-state index in [9.17, 15) is 5.11 Å². The highest BCUT2D eigenvalue weighted by Gasteiger charge is 2.22. The van der Waals surface area contributed by atoms with Crippen LogP contribution in [0.1, 0.15) is 13.8 Å². The number of allylic oxidation sites excluding steroid dienone is 2. The fourth-order valence-electron chi connectivity index (χ4n) is 0.962. The van der Waals surface area contributed by atoms with Crippen molar-refractivity contribution in [3.05, 3.63) is 24.4 Å². The minimum absolute atomic E-state index is 0.444. The summed E-state index contributed by atoms with van der Waals surface area (Å²) in [5, 5.41) is 9.59. The van der Waals surface area contributed by atoms with Crippen molar-refractivity contribution < 1.29 is 5.11 Å². The lowest BCUT2D eigenvalue weighted by molar-refractivity contribution is 0.154. The van der Waals surface area contributed by atoms with E-state index >= 15 is 0 Å². The van der Waals surface area contributed by atoms with Crippen molar-refractivity contribution in [1.82, 2.24) is 0 Å². The molecule has 0 aromatic rings. The van der Waals surface area contributed by atoms with E-state index in [1.165, 1.54) is 0 Å². The van der Waals surface area contributed by atoms with Gasteiger partial charge in [-0.2, -0.15) is 0 Å². The van der Waals surface area contributed by atoms with Gasteiger partial charge in [-0.05, 0) is 19.9 Å². The fraction of sp³-hybridized carbons (Fsp3) is 0.444. The van der Waals surface area contributed by atoms with Crippen LogP contribution in [0.5, 0.6) is 0 Å². The minimum Gasteiger partial charge on any atom is -0.397 e. The highest BCUT2D eigenvalue weighted by atomic mass is 16.3. The van der Waals surface area contributed by atoms with E-state index in [1.807, 2.05) is 0 Å². The van der Waals surface area contributed by atoms with Crippen LogP contribution in [-0.2, 0) is 0 Å². The molecule has 0 saturated carbocycles. The Bertz CT molecular complexity index is 221. The number of aliphatic hydroxyl groups is 1. The predicted octanol–water partition coefficient (Wildman–Crippen LogP) is 0.857. The van der Waals surface area contributed by atoms with E-state index in [4.69, 9.17) is 5.73 Å². The van der Waals surface area contributed by atoms with E-state index in [0.29, 0.717) is 11.4 Å². The summed E-state index contributed by atoms with van der Waals surface area (Å²) in [7, 11) is 1.59. The first-order chi connectivity index (χ1) is 5.43. The molecule has 0 unspecified atom stereocenters. The van der Waals surface area contributed by atoms with Crippen molar-refractivity contribution in [3.63, 3.8) is 0 Å². The van der Waals surface area contributed by atoms with Gasteiger partial charge in [-0.3, -0.25) is 4.99 Å². The summed E-state index contributed by atoms with van der Waals surface area (Å²) >= 11 is 0. The van der Waals surface area contributed by atoms with Gasteiger partial charge >= 0.3 is 0 Å². The summed E-state index contributed by atoms with van der Waals surface area (Å²) in [6, 6.07) is 0. The van der Waals surface area contributed by atoms with Crippen LogP contribution in [0.2, 0.25) is 0 Å². The van der Waals surface area contributed by atoms with Crippen LogP contribution in [0.25, 0.3) is 0 Å². The van der Waals surface area contributed by atoms with E-state index < -0.39 is 5.60 Å². The normalized spacial score (nSPS) is 14.7. The number of aliphatic imine (C=N–C) groups is 1. The monoisotopic (exact) mass is 168 g/mol. The van der Waals surface area contributed by atoms with Crippen molar-refractivity contribution in [2.45, 2.75) is 19.4 Å². The SMILES string of the molecule is C=C/C=C(N)\C(=N/C)C(C)(C)O. The highest BCUT2D eigenvalue weighted by molar-refractivity contribution is 6.05. The van der Waals surface area contributed by atoms with Crippen molar-refractivity contribution in [1.29, 1.82) is 0 Å². The Labute approximate surface area is 73.3 Å². The largest absolute Gasteiger partial charge is 0.397 e. The molecule has 0 fully saturated rings. The average Bonchev–Trinajstić information content (AvgIpc) is 1.85. The molecule has 0 amide bonds. The molecule has 0 spiro atoms. The molecule has 3 N–H and O–H groups in total. The van der Waals surface area contributed by atoms with Crippen molar-refractivity contribution in [3.8, 4) is 0 Å². The molecular weight excluding hydrogens is 152 g/mol. The zero-order chi connectivity index (χ0) is 9.78. The number of nitrogens with two attached hydrogens (primary N) is 1. The number of hydrogen-bond donors (Lipinski definition) is 2. The van der Waals surface area contributed by atoms with Gasteiger partial charge in [-0.15, -0.1) is 0 Å². The maximum atomic E-state index is 9.59. The quantitative estimate of drug-likeness (QED) is 0.485. The van der Waals surface area contributed by atoms with Gasteiger partial charge < -0.3 is 10.8 Å². The lowest BCUT2D eigenvalue weighted by atomic mass is 10.00. The van der Waals surface area contributed by atoms with Gasteiger partial charge in [-0.1, -0.05) is 12.7 Å². The summed E-state index contributed by atoms with van der Waals surface area (Å²) in [6.45, 7) is 6.78. The number of hydrogen-bond acceptors (Lipinski definition) is 3. The molecule has 0 rings (SSSR count). The summed E-state index contributed by atoms with van der Waals surface area (Å²) in [5.74, 6) is 0. The van der Waals surface area contributed by atoms with Gasteiger partial charge in [0.25, 0.3) is 0 Å². The van der Waals surface area contributed by atoms with Crippen LogP contribution in [0.4, 0.5) is 0 Å². The molecule has 0 saturated heterocycles. The Morgan fingerprint density at radius 3 is 2.33 bits per heavy atom. The second-order valence-electron chi connectivity index (χ2n) is 2.99. The lowest BCUT2D eigenvalue weighted by Crippen LogP contribution is -2.35. The van der Waals surface area contributed by atoms with Crippen molar-refractivity contribution in [2.24, 2.45) is 10.7 Å². The van der Waals surface area contributed by atoms with Crippen LogP contribution in [-0.4, -0.2) is 23.5 Å². The Hall–Kier alpha value is -1.09. The van der Waals surface area contributed by atoms with Gasteiger partial charge in [0.1, 0.15) is 5.60 Å². The summed E-state index contributed by atoms with van der Waals surface area (Å²) in [5.41, 5.74) is 5.54. The molecular formula is C9H16N2O. The maximum Gasteiger partial charge on any atom is 0.103 e. The van der Waals surface area contributed by atoms with Gasteiger partial charge in [0.05, 0.1) is 11.4 Å². The number of rotatable bonds is 3. The Balaban J connectivity index is 4.84. The maximum absolute atomic E-state index is 9.59. The Kier molecular flexibility index (Phi) is 3.70. The van der Waals surface area contributed by atoms with Crippen LogP contribution in [0, 0.1) is 0 Å². The molecule has 0 atom stereocenters. The first-order valence-electron chi connectivity index (χ1n) is 3.71. The molecule has 0 aromatic heterocycles. The van der Waals surface area contributed by atoms with Gasteiger partial charge in [-0.25, -0.2) is 0 Å². The molecule has 3 heteroatoms. The molecule has 0 radical (unpaired) electrons. The third-order valence-electron chi connectivity index (χ3n) is 1.37. The topological polar surface area (TPSA) is 58.6 Å². The smallest absolute Gasteiger partial charge is 0.103 e. The Morgan fingerprint density at radius 2 is 2.08 bits per heavy atom. The van der Waals surface area contributed by atoms with Gasteiger partial charge in [0.15, 0.2) is 0 Å². The van der Waals surface area contributed by atoms with Crippen LogP contribution in [0.15, 0.2) is 29.4 Å². The third-order valence-corrected chi connectivity index (χ3v) is 1.37. The summed E-state index contributed by atoms with van der Waals surface area (Å²) in [4.78, 5) is 3.90. The summed E-state index contributed by atoms with van der Waals surface area (Å²) < 4.78 is 0. The second kappa shape index (κ2) is 4.07. The molecule has 0 aromatic carbocycles. The first kappa shape index (κ1) is 10.9. The van der Waals surface area contributed by atoms with Crippen LogP contribution in [0.3, 0.4) is 0 Å². The predicted molar refractivity (Wildman–Crippen MR) is 52.1 cm³/mol. The molecule has 0 aliphatic rings. The average molecular weight is 168 g/mol. The minimum atomic E-state index is -1.00. The third kappa shape index (κ3) is 2.88. The van der Waals surface area contributed by atoms with Gasteiger partial charge in [0.2, 0.25) is 0 Å². The first-order valence-corrected chi connectivity index (χ1v) is 3.71. The zero-order valence-electron chi connectivity index (χ0n) is 7.83. The van der Waals surface area contributed by atoms with Crippen molar-refractivity contribution >= 4 is 5.71 Å². The lowest BCUT2D eigenvalue weighted by Gasteiger charge is -2.19. The van der Waals surface area contributed by atoms with E-state index in [-0.39, 0.29) is 0 Å². The molecule has 0 heterocycles. The molecule has 0 bridgehead atoms. The summed E-state index contributed by atoms with van der Waals surface area (Å²) in [6.07, 6.45) is 3.17. The Morgan fingerprint density at radius 1 is 1.58 bits per heavy atom. The van der Waals surface area contributed by atoms with E-state index in [0.717, 1.165) is 0 Å². The van der Waals surface area contributed by atoms with E-state index in [1.54, 1.807) is 33.0 Å². The van der Waals surface area contributed by atoms with E-state index in [2.05, 4.69) is 11.6 Å². The van der Waals surface area contributed by atoms with Crippen LogP contribution >= 0.6 is 0 Å². The molecule has 68 valence electrons. The van der Waals surface area contributed by atoms with Crippen molar-refractivity contribution in [2.75, 3.05) is 7.05 Å². The zero-order valence-corrected chi connectivity index (χ0v) is 7.83. The standard InChI is InChI=1S/C9H16N2O/c1-5-6-7(10)8(11-4)9(2,3)12/h5-6,12H,1,10H2,2-4H3/b7-6+,11-8+.